The number of hydrogen-bond donors (Lipinski definition) is 2. The Kier molecular flexibility index (Phi) is 3.93. The molecule has 21 heavy (non-hydrogen) atoms. The molecule has 1 aromatic heterocycles. The second-order valence-corrected chi connectivity index (χ2v) is 4.27. The van der Waals surface area contributed by atoms with Crippen LogP contribution >= 0.6 is 0 Å². The minimum Gasteiger partial charge on any atom is -0.478 e. The second kappa shape index (κ2) is 5.66. The van der Waals surface area contributed by atoms with Gasteiger partial charge in [0, 0.05) is 12.3 Å². The maximum atomic E-state index is 13.6. The van der Waals surface area contributed by atoms with Crippen LogP contribution in [0.1, 0.15) is 26.3 Å². The van der Waals surface area contributed by atoms with Crippen molar-refractivity contribution < 1.29 is 23.5 Å². The highest BCUT2D eigenvalue weighted by Gasteiger charge is 2.15. The number of rotatable bonds is 3. The van der Waals surface area contributed by atoms with E-state index in [0.29, 0.717) is 6.07 Å². The van der Waals surface area contributed by atoms with E-state index in [2.05, 4.69) is 10.3 Å². The molecule has 2 N–H and O–H groups in total. The molecule has 2 aromatic rings. The molecule has 0 fully saturated rings. The van der Waals surface area contributed by atoms with Crippen LogP contribution in [0.15, 0.2) is 30.5 Å². The summed E-state index contributed by atoms with van der Waals surface area (Å²) in [7, 11) is 0. The van der Waals surface area contributed by atoms with Gasteiger partial charge in [-0.15, -0.1) is 0 Å². The zero-order valence-corrected chi connectivity index (χ0v) is 10.9. The average molecular weight is 292 g/mol. The Labute approximate surface area is 118 Å². The molecule has 0 aliphatic carbocycles. The van der Waals surface area contributed by atoms with E-state index < -0.39 is 23.5 Å². The Morgan fingerprint density at radius 1 is 1.19 bits per heavy atom. The maximum absolute atomic E-state index is 13.6. The third kappa shape index (κ3) is 3.19. The lowest BCUT2D eigenvalue weighted by atomic mass is 10.1. The summed E-state index contributed by atoms with van der Waals surface area (Å²) in [6, 6.07) is 4.24. The molecule has 0 saturated carbocycles. The minimum atomic E-state index is -1.15. The number of carbonyl (C=O) groups is 2. The van der Waals surface area contributed by atoms with Crippen LogP contribution in [0.2, 0.25) is 0 Å². The van der Waals surface area contributed by atoms with Crippen LogP contribution in [0.4, 0.5) is 14.6 Å². The molecule has 1 heterocycles. The van der Waals surface area contributed by atoms with Gasteiger partial charge in [-0.2, -0.15) is 0 Å². The van der Waals surface area contributed by atoms with E-state index in [0.717, 1.165) is 12.3 Å². The lowest BCUT2D eigenvalue weighted by molar-refractivity contribution is 0.0696. The molecule has 0 unspecified atom stereocenters. The summed E-state index contributed by atoms with van der Waals surface area (Å²) >= 11 is 0. The first kappa shape index (κ1) is 14.6. The molecule has 0 bridgehead atoms. The molecular weight excluding hydrogens is 282 g/mol. The third-order valence-electron chi connectivity index (χ3n) is 2.74. The molecular formula is C14H10F2N2O3. The summed E-state index contributed by atoms with van der Waals surface area (Å²) in [6.07, 6.45) is 1.06. The van der Waals surface area contributed by atoms with Crippen molar-refractivity contribution in [3.63, 3.8) is 0 Å². The number of carbonyl (C=O) groups excluding carboxylic acids is 1. The third-order valence-corrected chi connectivity index (χ3v) is 2.74. The topological polar surface area (TPSA) is 79.3 Å². The van der Waals surface area contributed by atoms with E-state index >= 15 is 0 Å². The Bertz CT molecular complexity index is 715. The fourth-order valence-electron chi connectivity index (χ4n) is 1.61. The van der Waals surface area contributed by atoms with Crippen molar-refractivity contribution in [3.05, 3.63) is 58.8 Å². The van der Waals surface area contributed by atoms with Gasteiger partial charge in [-0.05, 0) is 30.7 Å². The Balaban J connectivity index is 2.22. The molecule has 1 aromatic carbocycles. The first-order valence-corrected chi connectivity index (χ1v) is 5.85. The molecule has 7 heteroatoms. The highest BCUT2D eigenvalue weighted by Crippen LogP contribution is 2.16. The second-order valence-electron chi connectivity index (χ2n) is 4.27. The lowest BCUT2D eigenvalue weighted by Gasteiger charge is -2.07. The number of aromatic carboxylic acids is 1. The number of nitrogens with zero attached hydrogens (tertiary/aromatic N) is 1. The van der Waals surface area contributed by atoms with Gasteiger partial charge in [-0.3, -0.25) is 4.79 Å². The normalized spacial score (nSPS) is 10.2. The molecule has 108 valence electrons. The van der Waals surface area contributed by atoms with Crippen LogP contribution in [0.5, 0.6) is 0 Å². The predicted molar refractivity (Wildman–Crippen MR) is 70.2 cm³/mol. The van der Waals surface area contributed by atoms with Crippen molar-refractivity contribution in [2.75, 3.05) is 5.32 Å². The van der Waals surface area contributed by atoms with Gasteiger partial charge in [0.25, 0.3) is 5.91 Å². The van der Waals surface area contributed by atoms with E-state index in [-0.39, 0.29) is 22.5 Å². The van der Waals surface area contributed by atoms with E-state index in [1.54, 1.807) is 0 Å². The molecule has 5 nitrogen and oxygen atoms in total. The van der Waals surface area contributed by atoms with Crippen LogP contribution in [0, 0.1) is 18.6 Å². The van der Waals surface area contributed by atoms with Gasteiger partial charge < -0.3 is 10.4 Å². The Morgan fingerprint density at radius 3 is 2.48 bits per heavy atom. The highest BCUT2D eigenvalue weighted by atomic mass is 19.1. The first-order valence-electron chi connectivity index (χ1n) is 5.85. The summed E-state index contributed by atoms with van der Waals surface area (Å²) in [5.41, 5.74) is -0.231. The van der Waals surface area contributed by atoms with Crippen LogP contribution < -0.4 is 5.32 Å². The fraction of sp³-hybridized carbons (Fsp3) is 0.0714. The van der Waals surface area contributed by atoms with Gasteiger partial charge in [0.15, 0.2) is 0 Å². The number of aryl methyl sites for hydroxylation is 1. The Morgan fingerprint density at radius 2 is 1.90 bits per heavy atom. The van der Waals surface area contributed by atoms with Gasteiger partial charge in [-0.1, -0.05) is 0 Å². The van der Waals surface area contributed by atoms with E-state index in [1.807, 2.05) is 0 Å². The van der Waals surface area contributed by atoms with Crippen molar-refractivity contribution in [2.24, 2.45) is 0 Å². The molecule has 1 amide bonds. The summed E-state index contributed by atoms with van der Waals surface area (Å²) in [5.74, 6) is -3.62. The number of anilines is 1. The van der Waals surface area contributed by atoms with Crippen LogP contribution in [0.25, 0.3) is 0 Å². The Hall–Kier alpha value is -2.83. The maximum Gasteiger partial charge on any atom is 0.337 e. The number of pyridine rings is 1. The number of benzene rings is 1. The quantitative estimate of drug-likeness (QED) is 0.911. The largest absolute Gasteiger partial charge is 0.478 e. The molecule has 2 rings (SSSR count). The van der Waals surface area contributed by atoms with Gasteiger partial charge in [0.2, 0.25) is 0 Å². The van der Waals surface area contributed by atoms with Crippen molar-refractivity contribution in [1.29, 1.82) is 0 Å². The number of aromatic nitrogens is 1. The van der Waals surface area contributed by atoms with Crippen molar-refractivity contribution in [2.45, 2.75) is 6.92 Å². The van der Waals surface area contributed by atoms with Crippen LogP contribution in [-0.4, -0.2) is 22.0 Å². The first-order chi connectivity index (χ1) is 9.88. The molecule has 0 radical (unpaired) electrons. The molecule has 0 saturated heterocycles. The SMILES string of the molecule is Cc1cc(C(=O)Nc2ccc(C(=O)O)cn2)c(F)cc1F. The number of amides is 1. The highest BCUT2D eigenvalue weighted by molar-refractivity contribution is 6.04. The molecule has 0 atom stereocenters. The van der Waals surface area contributed by atoms with Crippen molar-refractivity contribution in [1.82, 2.24) is 4.98 Å². The van der Waals surface area contributed by atoms with Gasteiger partial charge in [0.1, 0.15) is 17.5 Å². The van der Waals surface area contributed by atoms with Crippen LogP contribution in [-0.2, 0) is 0 Å². The fourth-order valence-corrected chi connectivity index (χ4v) is 1.61. The predicted octanol–water partition coefficient (Wildman–Crippen LogP) is 2.62. The average Bonchev–Trinajstić information content (AvgIpc) is 2.43. The zero-order valence-electron chi connectivity index (χ0n) is 10.9. The number of carboxylic acid groups (broad SMARTS) is 1. The summed E-state index contributed by atoms with van der Waals surface area (Å²) in [6.45, 7) is 1.41. The molecule has 0 aliphatic rings. The van der Waals surface area contributed by atoms with Gasteiger partial charge >= 0.3 is 5.97 Å². The van der Waals surface area contributed by atoms with E-state index in [4.69, 9.17) is 5.11 Å². The van der Waals surface area contributed by atoms with Crippen molar-refractivity contribution >= 4 is 17.7 Å². The van der Waals surface area contributed by atoms with Crippen LogP contribution in [0.3, 0.4) is 0 Å². The lowest BCUT2D eigenvalue weighted by Crippen LogP contribution is -2.15. The van der Waals surface area contributed by atoms with Gasteiger partial charge in [0.05, 0.1) is 11.1 Å². The zero-order chi connectivity index (χ0) is 15.6. The number of carboxylic acids is 1. The van der Waals surface area contributed by atoms with Crippen molar-refractivity contribution in [3.8, 4) is 0 Å². The van der Waals surface area contributed by atoms with Gasteiger partial charge in [-0.25, -0.2) is 18.6 Å². The number of hydrogen-bond acceptors (Lipinski definition) is 3. The monoisotopic (exact) mass is 292 g/mol. The summed E-state index contributed by atoms with van der Waals surface area (Å²) in [5, 5.41) is 11.0. The smallest absolute Gasteiger partial charge is 0.337 e. The summed E-state index contributed by atoms with van der Waals surface area (Å²) in [4.78, 5) is 26.3. The minimum absolute atomic E-state index is 0.0446. The number of nitrogens with one attached hydrogen (secondary N) is 1. The summed E-state index contributed by atoms with van der Waals surface area (Å²) < 4.78 is 26.7. The standard InChI is InChI=1S/C14H10F2N2O3/c1-7-4-9(11(16)5-10(7)15)13(19)18-12-3-2-8(6-17-12)14(20)21/h2-6H,1H3,(H,20,21)(H,17,18,19). The van der Waals surface area contributed by atoms with E-state index in [9.17, 15) is 18.4 Å². The number of halogens is 2. The molecule has 0 spiro atoms. The molecule has 0 aliphatic heterocycles. The van der Waals surface area contributed by atoms with E-state index in [1.165, 1.54) is 19.1 Å².